The van der Waals surface area contributed by atoms with E-state index in [4.69, 9.17) is 0 Å². The molecule has 0 aliphatic heterocycles. The molecule has 0 bridgehead atoms. The Bertz CT molecular complexity index is 2080. The summed E-state index contributed by atoms with van der Waals surface area (Å²) in [6, 6.07) is 59.0. The smallest absolute Gasteiger partial charge is 0.0640 e. The second-order valence-corrected chi connectivity index (χ2v) is 11.6. The molecule has 0 aliphatic carbocycles. The number of nitrogens with zero attached hydrogens (tertiary/aromatic N) is 1. The molecule has 198 valence electrons. The molecule has 0 spiro atoms. The topological polar surface area (TPSA) is 3.24 Å². The standard InChI is InChI=1S/C40H27NS/c1-3-10-28(11-4-1)30-18-23-33(24-19-30)41(34-25-20-31(21-26-34)29-12-5-2-6-13-29)38-17-9-16-36-37-27-22-32-14-7-8-15-35(32)39(37)42-40(36)38/h1-27H. The van der Waals surface area contributed by atoms with Gasteiger partial charge in [-0.3, -0.25) is 0 Å². The highest BCUT2D eigenvalue weighted by atomic mass is 32.1. The maximum Gasteiger partial charge on any atom is 0.0640 e. The highest BCUT2D eigenvalue weighted by molar-refractivity contribution is 7.27. The van der Waals surface area contributed by atoms with Gasteiger partial charge in [-0.1, -0.05) is 133 Å². The van der Waals surface area contributed by atoms with Crippen LogP contribution < -0.4 is 4.90 Å². The first-order valence-corrected chi connectivity index (χ1v) is 15.1. The van der Waals surface area contributed by atoms with E-state index in [1.807, 2.05) is 11.3 Å². The number of hydrogen-bond donors (Lipinski definition) is 0. The Kier molecular flexibility index (Phi) is 6.05. The van der Waals surface area contributed by atoms with E-state index >= 15 is 0 Å². The zero-order valence-corrected chi connectivity index (χ0v) is 23.8. The van der Waals surface area contributed by atoms with Gasteiger partial charge in [0, 0.05) is 26.8 Å². The zero-order chi connectivity index (χ0) is 27.9. The Hall–Kier alpha value is -5.18. The lowest BCUT2D eigenvalue weighted by Gasteiger charge is -2.26. The first-order chi connectivity index (χ1) is 20.8. The summed E-state index contributed by atoms with van der Waals surface area (Å²) < 4.78 is 2.64. The predicted octanol–water partition coefficient (Wildman–Crippen LogP) is 12.0. The molecule has 0 unspecified atom stereocenters. The minimum Gasteiger partial charge on any atom is -0.309 e. The number of thiophene rings is 1. The van der Waals surface area contributed by atoms with Crippen LogP contribution in [0.4, 0.5) is 17.1 Å². The van der Waals surface area contributed by atoms with Gasteiger partial charge >= 0.3 is 0 Å². The van der Waals surface area contributed by atoms with E-state index in [1.54, 1.807) is 0 Å². The van der Waals surface area contributed by atoms with Crippen molar-refractivity contribution in [2.24, 2.45) is 0 Å². The minimum atomic E-state index is 1.14. The lowest BCUT2D eigenvalue weighted by atomic mass is 10.0. The fraction of sp³-hybridized carbons (Fsp3) is 0. The molecule has 0 saturated carbocycles. The van der Waals surface area contributed by atoms with E-state index < -0.39 is 0 Å². The van der Waals surface area contributed by atoms with Crippen LogP contribution in [0.15, 0.2) is 164 Å². The van der Waals surface area contributed by atoms with Crippen molar-refractivity contribution in [2.45, 2.75) is 0 Å². The minimum absolute atomic E-state index is 1.14. The monoisotopic (exact) mass is 553 g/mol. The molecule has 0 amide bonds. The molecule has 0 aliphatic rings. The summed E-state index contributed by atoms with van der Waals surface area (Å²) in [7, 11) is 0. The molecule has 8 aromatic rings. The zero-order valence-electron chi connectivity index (χ0n) is 22.9. The average Bonchev–Trinajstić information content (AvgIpc) is 3.47. The van der Waals surface area contributed by atoms with Crippen molar-refractivity contribution in [2.75, 3.05) is 4.90 Å². The molecule has 7 aromatic carbocycles. The third kappa shape index (κ3) is 4.25. The fourth-order valence-electron chi connectivity index (χ4n) is 5.98. The van der Waals surface area contributed by atoms with Crippen LogP contribution in [0, 0.1) is 0 Å². The summed E-state index contributed by atoms with van der Waals surface area (Å²) in [4.78, 5) is 2.41. The number of benzene rings is 7. The molecule has 42 heavy (non-hydrogen) atoms. The van der Waals surface area contributed by atoms with Crippen molar-refractivity contribution in [3.63, 3.8) is 0 Å². The Morgan fingerprint density at radius 1 is 0.333 bits per heavy atom. The van der Waals surface area contributed by atoms with E-state index in [9.17, 15) is 0 Å². The third-order valence-electron chi connectivity index (χ3n) is 8.07. The summed E-state index contributed by atoms with van der Waals surface area (Å²) in [5.41, 5.74) is 8.34. The lowest BCUT2D eigenvalue weighted by molar-refractivity contribution is 1.30. The predicted molar refractivity (Wildman–Crippen MR) is 182 cm³/mol. The van der Waals surface area contributed by atoms with Gasteiger partial charge in [0.1, 0.15) is 0 Å². The molecule has 0 fully saturated rings. The first-order valence-electron chi connectivity index (χ1n) is 14.3. The number of hydrogen-bond acceptors (Lipinski definition) is 2. The van der Waals surface area contributed by atoms with Crippen molar-refractivity contribution in [3.8, 4) is 22.3 Å². The SMILES string of the molecule is c1ccc(-c2ccc(N(c3ccc(-c4ccccc4)cc3)c3cccc4c3sc3c5ccccc5ccc43)cc2)cc1. The van der Waals surface area contributed by atoms with Crippen molar-refractivity contribution < 1.29 is 0 Å². The molecule has 1 nitrogen and oxygen atoms in total. The molecule has 0 atom stereocenters. The van der Waals surface area contributed by atoms with Crippen LogP contribution in [0.1, 0.15) is 0 Å². The van der Waals surface area contributed by atoms with Gasteiger partial charge < -0.3 is 4.90 Å². The Morgan fingerprint density at radius 3 is 1.45 bits per heavy atom. The highest BCUT2D eigenvalue weighted by Gasteiger charge is 2.19. The lowest BCUT2D eigenvalue weighted by Crippen LogP contribution is -2.10. The summed E-state index contributed by atoms with van der Waals surface area (Å²) >= 11 is 1.89. The molecular formula is C40H27NS. The van der Waals surface area contributed by atoms with E-state index in [0.29, 0.717) is 0 Å². The van der Waals surface area contributed by atoms with Crippen molar-refractivity contribution in [1.29, 1.82) is 0 Å². The van der Waals surface area contributed by atoms with Gasteiger partial charge in [0.15, 0.2) is 0 Å². The van der Waals surface area contributed by atoms with Gasteiger partial charge in [0.05, 0.1) is 10.4 Å². The van der Waals surface area contributed by atoms with E-state index in [2.05, 4.69) is 169 Å². The van der Waals surface area contributed by atoms with Gasteiger partial charge in [0.25, 0.3) is 0 Å². The molecule has 0 saturated heterocycles. The van der Waals surface area contributed by atoms with Crippen LogP contribution in [0.25, 0.3) is 53.2 Å². The number of anilines is 3. The van der Waals surface area contributed by atoms with E-state index in [1.165, 1.54) is 58.9 Å². The summed E-state index contributed by atoms with van der Waals surface area (Å²) in [6.45, 7) is 0. The molecule has 2 heteroatoms. The van der Waals surface area contributed by atoms with Gasteiger partial charge in [-0.25, -0.2) is 0 Å². The van der Waals surface area contributed by atoms with Crippen LogP contribution in [0.3, 0.4) is 0 Å². The van der Waals surface area contributed by atoms with Gasteiger partial charge in [-0.2, -0.15) is 0 Å². The molecule has 1 aromatic heterocycles. The summed E-state index contributed by atoms with van der Waals surface area (Å²) in [5.74, 6) is 0. The maximum atomic E-state index is 2.41. The Labute approximate surface area is 249 Å². The maximum absolute atomic E-state index is 2.41. The van der Waals surface area contributed by atoms with Crippen LogP contribution in [-0.4, -0.2) is 0 Å². The van der Waals surface area contributed by atoms with Gasteiger partial charge in [-0.05, 0) is 63.4 Å². The second-order valence-electron chi connectivity index (χ2n) is 10.6. The Morgan fingerprint density at radius 2 is 0.833 bits per heavy atom. The van der Waals surface area contributed by atoms with Crippen molar-refractivity contribution in [1.82, 2.24) is 0 Å². The quantitative estimate of drug-likeness (QED) is 0.205. The second kappa shape index (κ2) is 10.3. The van der Waals surface area contributed by atoms with Crippen molar-refractivity contribution >= 4 is 59.3 Å². The average molecular weight is 554 g/mol. The van der Waals surface area contributed by atoms with Crippen LogP contribution in [0.2, 0.25) is 0 Å². The van der Waals surface area contributed by atoms with Gasteiger partial charge in [-0.15, -0.1) is 11.3 Å². The molecule has 1 heterocycles. The van der Waals surface area contributed by atoms with Crippen molar-refractivity contribution in [3.05, 3.63) is 164 Å². The molecule has 0 radical (unpaired) electrons. The van der Waals surface area contributed by atoms with Gasteiger partial charge in [0.2, 0.25) is 0 Å². The van der Waals surface area contributed by atoms with Crippen LogP contribution >= 0.6 is 11.3 Å². The number of fused-ring (bicyclic) bond motifs is 5. The van der Waals surface area contributed by atoms with E-state index in [-0.39, 0.29) is 0 Å². The largest absolute Gasteiger partial charge is 0.309 e. The first kappa shape index (κ1) is 24.6. The highest BCUT2D eigenvalue weighted by Crippen LogP contribution is 2.46. The molecular weight excluding hydrogens is 527 g/mol. The molecule has 8 rings (SSSR count). The Balaban J connectivity index is 1.32. The van der Waals surface area contributed by atoms with Crippen LogP contribution in [-0.2, 0) is 0 Å². The summed E-state index contributed by atoms with van der Waals surface area (Å²) in [5, 5.41) is 5.20. The fourth-order valence-corrected chi connectivity index (χ4v) is 7.32. The summed E-state index contributed by atoms with van der Waals surface area (Å²) in [6.07, 6.45) is 0. The normalized spacial score (nSPS) is 11.3. The third-order valence-corrected chi connectivity index (χ3v) is 9.35. The number of rotatable bonds is 5. The van der Waals surface area contributed by atoms with E-state index in [0.717, 1.165) is 11.4 Å². The molecule has 0 N–H and O–H groups in total. The van der Waals surface area contributed by atoms with Crippen LogP contribution in [0.5, 0.6) is 0 Å².